The number of imide groups is 1. The summed E-state index contributed by atoms with van der Waals surface area (Å²) in [5.74, 6) is 1.80. The Bertz CT molecular complexity index is 633. The van der Waals surface area contributed by atoms with Crippen LogP contribution in [-0.2, 0) is 0 Å². The van der Waals surface area contributed by atoms with Crippen LogP contribution in [0.5, 0.6) is 11.5 Å². The highest BCUT2D eigenvalue weighted by molar-refractivity contribution is 5.95. The van der Waals surface area contributed by atoms with Gasteiger partial charge in [0.25, 0.3) is 0 Å². The molecule has 22 heavy (non-hydrogen) atoms. The van der Waals surface area contributed by atoms with Crippen molar-refractivity contribution in [3.8, 4) is 11.5 Å². The van der Waals surface area contributed by atoms with Crippen LogP contribution in [0.3, 0.4) is 0 Å². The second-order valence-electron chi connectivity index (χ2n) is 5.71. The average molecular weight is 303 g/mol. The van der Waals surface area contributed by atoms with Gasteiger partial charge in [0.1, 0.15) is 0 Å². The SMILES string of the molecule is O=C1NCCN1C(=O)N1CCC(c2ccc3c(c2)OCO3)C1. The number of amides is 4. The van der Waals surface area contributed by atoms with Gasteiger partial charge in [0.2, 0.25) is 6.79 Å². The molecule has 0 spiro atoms. The number of nitrogens with zero attached hydrogens (tertiary/aromatic N) is 2. The molecule has 7 heteroatoms. The largest absolute Gasteiger partial charge is 0.454 e. The van der Waals surface area contributed by atoms with Gasteiger partial charge in [-0.1, -0.05) is 6.07 Å². The lowest BCUT2D eigenvalue weighted by Crippen LogP contribution is -2.43. The molecule has 3 aliphatic heterocycles. The fourth-order valence-electron chi connectivity index (χ4n) is 3.20. The van der Waals surface area contributed by atoms with Gasteiger partial charge in [0.05, 0.1) is 0 Å². The van der Waals surface area contributed by atoms with Crippen LogP contribution < -0.4 is 14.8 Å². The summed E-state index contributed by atoms with van der Waals surface area (Å²) in [5.41, 5.74) is 1.14. The van der Waals surface area contributed by atoms with Crippen molar-refractivity contribution in [2.75, 3.05) is 33.0 Å². The van der Waals surface area contributed by atoms with Crippen molar-refractivity contribution < 1.29 is 19.1 Å². The molecule has 2 saturated heterocycles. The first-order valence-corrected chi connectivity index (χ1v) is 7.46. The summed E-state index contributed by atoms with van der Waals surface area (Å²) >= 11 is 0. The highest BCUT2D eigenvalue weighted by Crippen LogP contribution is 2.37. The summed E-state index contributed by atoms with van der Waals surface area (Å²) in [5, 5.41) is 2.65. The van der Waals surface area contributed by atoms with Crippen LogP contribution >= 0.6 is 0 Å². The van der Waals surface area contributed by atoms with E-state index in [1.807, 2.05) is 18.2 Å². The molecule has 0 bridgehead atoms. The second kappa shape index (κ2) is 5.08. The molecule has 3 heterocycles. The smallest absolute Gasteiger partial charge is 0.328 e. The zero-order valence-electron chi connectivity index (χ0n) is 12.1. The standard InChI is InChI=1S/C15H17N3O4/c19-14-16-4-6-18(14)15(20)17-5-3-11(8-17)10-1-2-12-13(7-10)22-9-21-12/h1-2,7,11H,3-6,8-9H2,(H,16,19). The van der Waals surface area contributed by atoms with Gasteiger partial charge in [-0.25, -0.2) is 14.5 Å². The van der Waals surface area contributed by atoms with Crippen molar-refractivity contribution in [3.63, 3.8) is 0 Å². The number of nitrogens with one attached hydrogen (secondary N) is 1. The number of carbonyl (C=O) groups excluding carboxylic acids is 2. The Kier molecular flexibility index (Phi) is 3.06. The van der Waals surface area contributed by atoms with E-state index in [0.29, 0.717) is 26.2 Å². The van der Waals surface area contributed by atoms with Crippen LogP contribution in [0.25, 0.3) is 0 Å². The van der Waals surface area contributed by atoms with Crippen LogP contribution in [0, 0.1) is 0 Å². The maximum absolute atomic E-state index is 12.4. The highest BCUT2D eigenvalue weighted by atomic mass is 16.7. The molecule has 0 saturated carbocycles. The normalized spacial score (nSPS) is 23.1. The topological polar surface area (TPSA) is 71.1 Å². The van der Waals surface area contributed by atoms with E-state index >= 15 is 0 Å². The minimum absolute atomic E-state index is 0.196. The molecule has 1 unspecified atom stereocenters. The maximum Gasteiger partial charge on any atom is 0.328 e. The van der Waals surface area contributed by atoms with E-state index in [0.717, 1.165) is 23.5 Å². The van der Waals surface area contributed by atoms with Gasteiger partial charge in [-0.3, -0.25) is 0 Å². The van der Waals surface area contributed by atoms with Crippen LogP contribution in [0.15, 0.2) is 18.2 Å². The van der Waals surface area contributed by atoms with E-state index in [1.165, 1.54) is 4.90 Å². The van der Waals surface area contributed by atoms with Crippen LogP contribution in [0.4, 0.5) is 9.59 Å². The molecule has 7 nitrogen and oxygen atoms in total. The average Bonchev–Trinajstić information content (AvgIpc) is 3.26. The van der Waals surface area contributed by atoms with Gasteiger partial charge >= 0.3 is 12.1 Å². The summed E-state index contributed by atoms with van der Waals surface area (Å²) in [6, 6.07) is 5.43. The number of fused-ring (bicyclic) bond motifs is 1. The van der Waals surface area contributed by atoms with E-state index in [9.17, 15) is 9.59 Å². The van der Waals surface area contributed by atoms with Crippen LogP contribution in [-0.4, -0.2) is 54.8 Å². The maximum atomic E-state index is 12.4. The van der Waals surface area contributed by atoms with Crippen molar-refractivity contribution in [2.45, 2.75) is 12.3 Å². The van der Waals surface area contributed by atoms with E-state index in [4.69, 9.17) is 9.47 Å². The number of hydrogen-bond acceptors (Lipinski definition) is 4. The number of likely N-dealkylation sites (tertiary alicyclic amines) is 1. The molecule has 3 aliphatic rings. The summed E-state index contributed by atoms with van der Waals surface area (Å²) in [4.78, 5) is 27.0. The molecule has 1 aromatic rings. The lowest BCUT2D eigenvalue weighted by molar-refractivity contribution is 0.172. The predicted molar refractivity (Wildman–Crippen MR) is 77.0 cm³/mol. The molecule has 1 aromatic carbocycles. The Morgan fingerprint density at radius 2 is 2.09 bits per heavy atom. The molecule has 2 fully saturated rings. The summed E-state index contributed by atoms with van der Waals surface area (Å²) in [6.07, 6.45) is 0.890. The fourth-order valence-corrected chi connectivity index (χ4v) is 3.20. The van der Waals surface area contributed by atoms with E-state index < -0.39 is 0 Å². The number of urea groups is 2. The van der Waals surface area contributed by atoms with Gasteiger partial charge in [-0.15, -0.1) is 0 Å². The zero-order valence-corrected chi connectivity index (χ0v) is 12.1. The molecule has 0 aliphatic carbocycles. The van der Waals surface area contributed by atoms with Crippen molar-refractivity contribution in [1.29, 1.82) is 0 Å². The third-order valence-corrected chi connectivity index (χ3v) is 4.41. The molecular weight excluding hydrogens is 286 g/mol. The number of benzene rings is 1. The Balaban J connectivity index is 1.46. The Labute approximate surface area is 127 Å². The molecule has 0 radical (unpaired) electrons. The molecule has 4 rings (SSSR count). The van der Waals surface area contributed by atoms with Gasteiger partial charge < -0.3 is 19.7 Å². The molecule has 4 amide bonds. The fraction of sp³-hybridized carbons (Fsp3) is 0.467. The minimum atomic E-state index is -0.295. The number of hydrogen-bond donors (Lipinski definition) is 1. The zero-order chi connectivity index (χ0) is 15.1. The highest BCUT2D eigenvalue weighted by Gasteiger charge is 2.35. The van der Waals surface area contributed by atoms with Crippen molar-refractivity contribution >= 4 is 12.1 Å². The van der Waals surface area contributed by atoms with Gasteiger partial charge in [0, 0.05) is 32.1 Å². The summed E-state index contributed by atoms with van der Waals surface area (Å²) in [7, 11) is 0. The minimum Gasteiger partial charge on any atom is -0.454 e. The summed E-state index contributed by atoms with van der Waals surface area (Å²) in [6.45, 7) is 2.54. The van der Waals surface area contributed by atoms with Crippen LogP contribution in [0.1, 0.15) is 17.9 Å². The molecule has 0 aromatic heterocycles. The third kappa shape index (κ3) is 2.13. The van der Waals surface area contributed by atoms with Gasteiger partial charge in [-0.05, 0) is 24.1 Å². The molecule has 116 valence electrons. The number of rotatable bonds is 1. The Hall–Kier alpha value is -2.44. The van der Waals surface area contributed by atoms with Crippen molar-refractivity contribution in [1.82, 2.24) is 15.1 Å². The van der Waals surface area contributed by atoms with Gasteiger partial charge in [0.15, 0.2) is 11.5 Å². The van der Waals surface area contributed by atoms with Gasteiger partial charge in [-0.2, -0.15) is 0 Å². The Morgan fingerprint density at radius 3 is 2.91 bits per heavy atom. The Morgan fingerprint density at radius 1 is 1.23 bits per heavy atom. The van der Waals surface area contributed by atoms with Crippen molar-refractivity contribution in [2.24, 2.45) is 0 Å². The molecular formula is C15H17N3O4. The first-order chi connectivity index (χ1) is 10.7. The third-order valence-electron chi connectivity index (χ3n) is 4.41. The first kappa shape index (κ1) is 13.2. The monoisotopic (exact) mass is 303 g/mol. The lowest BCUT2D eigenvalue weighted by atomic mass is 9.98. The summed E-state index contributed by atoms with van der Waals surface area (Å²) < 4.78 is 10.7. The number of ether oxygens (including phenoxy) is 2. The lowest BCUT2D eigenvalue weighted by Gasteiger charge is -2.22. The molecule has 1 atom stereocenters. The quantitative estimate of drug-likeness (QED) is 0.850. The number of carbonyl (C=O) groups is 2. The second-order valence-corrected chi connectivity index (χ2v) is 5.71. The predicted octanol–water partition coefficient (Wildman–Crippen LogP) is 1.35. The molecule has 1 N–H and O–H groups in total. The first-order valence-electron chi connectivity index (χ1n) is 7.46. The van der Waals surface area contributed by atoms with Crippen LogP contribution in [0.2, 0.25) is 0 Å². The van der Waals surface area contributed by atoms with E-state index in [1.54, 1.807) is 4.90 Å². The van der Waals surface area contributed by atoms with E-state index in [-0.39, 0.29) is 24.8 Å². The van der Waals surface area contributed by atoms with Crippen molar-refractivity contribution in [3.05, 3.63) is 23.8 Å². The van der Waals surface area contributed by atoms with E-state index in [2.05, 4.69) is 5.32 Å².